The molecule has 8 heteroatoms. The number of rotatable bonds is 7. The van der Waals surface area contributed by atoms with Crippen LogP contribution in [0.3, 0.4) is 0 Å². The summed E-state index contributed by atoms with van der Waals surface area (Å²) < 4.78 is 0. The van der Waals surface area contributed by atoms with Crippen molar-refractivity contribution >= 4 is 23.4 Å². The Kier molecular flexibility index (Phi) is 7.27. The van der Waals surface area contributed by atoms with E-state index in [1.165, 1.54) is 4.90 Å². The minimum Gasteiger partial charge on any atom is -0.346 e. The molecule has 0 aliphatic carbocycles. The molecule has 0 saturated heterocycles. The number of amides is 2. The molecule has 1 unspecified atom stereocenters. The van der Waals surface area contributed by atoms with Crippen LogP contribution in [0.4, 0.5) is 0 Å². The van der Waals surface area contributed by atoms with Gasteiger partial charge in [0.1, 0.15) is 6.04 Å². The highest BCUT2D eigenvalue weighted by Crippen LogP contribution is 2.26. The average Bonchev–Trinajstić information content (AvgIpc) is 2.67. The van der Waals surface area contributed by atoms with E-state index < -0.39 is 12.1 Å². The van der Waals surface area contributed by atoms with Crippen molar-refractivity contribution in [3.05, 3.63) is 59.1 Å². The Morgan fingerprint density at radius 2 is 1.89 bits per heavy atom. The van der Waals surface area contributed by atoms with Crippen LogP contribution in [0.15, 0.2) is 42.9 Å². The maximum atomic E-state index is 12.7. The molecule has 0 bridgehead atoms. The Morgan fingerprint density at radius 1 is 1.22 bits per heavy atom. The van der Waals surface area contributed by atoms with E-state index in [9.17, 15) is 9.59 Å². The highest BCUT2D eigenvalue weighted by Gasteiger charge is 2.26. The number of nitrogens with one attached hydrogen (secondary N) is 1. The van der Waals surface area contributed by atoms with Crippen LogP contribution in [-0.4, -0.2) is 46.3 Å². The van der Waals surface area contributed by atoms with Gasteiger partial charge in [-0.15, -0.1) is 0 Å². The van der Waals surface area contributed by atoms with Crippen molar-refractivity contribution in [2.75, 3.05) is 13.6 Å². The zero-order valence-electron chi connectivity index (χ0n) is 15.6. The van der Waals surface area contributed by atoms with Gasteiger partial charge >= 0.3 is 0 Å². The number of halogens is 1. The molecule has 0 radical (unpaired) electrons. The van der Waals surface area contributed by atoms with Gasteiger partial charge < -0.3 is 16.0 Å². The van der Waals surface area contributed by atoms with Crippen molar-refractivity contribution in [1.29, 1.82) is 0 Å². The first-order valence-electron chi connectivity index (χ1n) is 8.61. The highest BCUT2D eigenvalue weighted by atomic mass is 35.5. The van der Waals surface area contributed by atoms with E-state index in [0.717, 1.165) is 5.56 Å². The molecule has 1 aromatic carbocycles. The Bertz CT molecular complexity index is 767. The molecule has 144 valence electrons. The van der Waals surface area contributed by atoms with Gasteiger partial charge in [0.25, 0.3) is 0 Å². The minimum absolute atomic E-state index is 0.0146. The van der Waals surface area contributed by atoms with E-state index in [2.05, 4.69) is 15.3 Å². The Hall–Kier alpha value is -2.51. The number of benzene rings is 1. The van der Waals surface area contributed by atoms with Crippen molar-refractivity contribution in [3.8, 4) is 0 Å². The predicted molar refractivity (Wildman–Crippen MR) is 104 cm³/mol. The van der Waals surface area contributed by atoms with E-state index in [4.69, 9.17) is 17.3 Å². The summed E-state index contributed by atoms with van der Waals surface area (Å²) >= 11 is 5.98. The fourth-order valence-corrected chi connectivity index (χ4v) is 2.67. The topological polar surface area (TPSA) is 101 Å². The molecule has 2 atom stereocenters. The third-order valence-corrected chi connectivity index (χ3v) is 4.52. The summed E-state index contributed by atoms with van der Waals surface area (Å²) in [7, 11) is 1.66. The summed E-state index contributed by atoms with van der Waals surface area (Å²) in [5.41, 5.74) is 7.26. The second-order valence-electron chi connectivity index (χ2n) is 6.58. The fraction of sp³-hybridized carbons (Fsp3) is 0.368. The van der Waals surface area contributed by atoms with E-state index in [0.29, 0.717) is 10.7 Å². The van der Waals surface area contributed by atoms with E-state index in [1.807, 2.05) is 26.0 Å². The van der Waals surface area contributed by atoms with Gasteiger partial charge in [-0.3, -0.25) is 19.6 Å². The van der Waals surface area contributed by atoms with Crippen LogP contribution in [0, 0.1) is 5.92 Å². The molecular formula is C19H24ClN5O2. The first-order valence-corrected chi connectivity index (χ1v) is 8.99. The smallest absolute Gasteiger partial charge is 0.242 e. The highest BCUT2D eigenvalue weighted by molar-refractivity contribution is 6.30. The predicted octanol–water partition coefficient (Wildman–Crippen LogP) is 1.78. The van der Waals surface area contributed by atoms with Gasteiger partial charge in [0.05, 0.1) is 24.5 Å². The minimum atomic E-state index is -0.657. The van der Waals surface area contributed by atoms with Gasteiger partial charge in [0.15, 0.2) is 0 Å². The van der Waals surface area contributed by atoms with Crippen molar-refractivity contribution in [2.24, 2.45) is 11.7 Å². The number of nitrogens with two attached hydrogens (primary N) is 1. The normalized spacial score (nSPS) is 13.1. The fourth-order valence-electron chi connectivity index (χ4n) is 2.54. The summed E-state index contributed by atoms with van der Waals surface area (Å²) in [6, 6.07) is 6.05. The molecule has 2 aromatic rings. The molecule has 27 heavy (non-hydrogen) atoms. The van der Waals surface area contributed by atoms with Crippen molar-refractivity contribution < 1.29 is 9.59 Å². The number of nitrogens with zero attached hydrogens (tertiary/aromatic N) is 3. The molecular weight excluding hydrogens is 366 g/mol. The number of hydrogen-bond acceptors (Lipinski definition) is 5. The van der Waals surface area contributed by atoms with Crippen LogP contribution in [0.5, 0.6) is 0 Å². The molecule has 2 amide bonds. The number of aromatic nitrogens is 2. The quantitative estimate of drug-likeness (QED) is 0.751. The SMILES string of the molecule is CC(C)[C@H](N)C(=O)NCC(=O)N(C)C(c1ccc(Cl)cc1)c1cnccn1. The summed E-state index contributed by atoms with van der Waals surface area (Å²) in [6.07, 6.45) is 4.74. The number of carbonyl (C=O) groups is 2. The average molecular weight is 390 g/mol. The van der Waals surface area contributed by atoms with Crippen molar-refractivity contribution in [3.63, 3.8) is 0 Å². The lowest BCUT2D eigenvalue weighted by molar-refractivity contribution is -0.133. The number of carbonyl (C=O) groups excluding carboxylic acids is 2. The second-order valence-corrected chi connectivity index (χ2v) is 7.01. The van der Waals surface area contributed by atoms with E-state index in [-0.39, 0.29) is 24.3 Å². The van der Waals surface area contributed by atoms with Gasteiger partial charge in [0, 0.05) is 24.5 Å². The largest absolute Gasteiger partial charge is 0.346 e. The lowest BCUT2D eigenvalue weighted by Gasteiger charge is -2.28. The number of hydrogen-bond donors (Lipinski definition) is 2. The monoisotopic (exact) mass is 389 g/mol. The van der Waals surface area contributed by atoms with Crippen LogP contribution >= 0.6 is 11.6 Å². The molecule has 0 fully saturated rings. The van der Waals surface area contributed by atoms with Gasteiger partial charge in [0.2, 0.25) is 11.8 Å². The molecule has 3 N–H and O–H groups in total. The third-order valence-electron chi connectivity index (χ3n) is 4.26. The summed E-state index contributed by atoms with van der Waals surface area (Å²) in [5, 5.41) is 3.20. The van der Waals surface area contributed by atoms with Crippen LogP contribution in [0.2, 0.25) is 5.02 Å². The molecule has 2 rings (SSSR count). The third kappa shape index (κ3) is 5.48. The summed E-state index contributed by atoms with van der Waals surface area (Å²) in [6.45, 7) is 3.55. The zero-order valence-corrected chi connectivity index (χ0v) is 16.3. The van der Waals surface area contributed by atoms with Gasteiger partial charge in [-0.05, 0) is 23.6 Å². The maximum Gasteiger partial charge on any atom is 0.242 e. The summed E-state index contributed by atoms with van der Waals surface area (Å²) in [5.74, 6) is -0.640. The van der Waals surface area contributed by atoms with Crippen LogP contribution in [0.25, 0.3) is 0 Å². The second kappa shape index (κ2) is 9.43. The lowest BCUT2D eigenvalue weighted by atomic mass is 10.0. The standard InChI is InChI=1S/C19H24ClN5O2/c1-12(2)17(21)19(27)24-11-16(26)25(3)18(15-10-22-8-9-23-15)13-4-6-14(20)7-5-13/h4-10,12,17-18H,11,21H2,1-3H3,(H,24,27)/t17-,18?/m0/s1. The Balaban J connectivity index is 2.18. The molecule has 1 heterocycles. The molecule has 0 spiro atoms. The van der Waals surface area contributed by atoms with Gasteiger partial charge in [-0.2, -0.15) is 0 Å². The molecule has 0 aliphatic rings. The maximum absolute atomic E-state index is 12.7. The molecule has 0 saturated carbocycles. The van der Waals surface area contributed by atoms with Gasteiger partial charge in [-0.25, -0.2) is 0 Å². The first-order chi connectivity index (χ1) is 12.8. The van der Waals surface area contributed by atoms with Crippen molar-refractivity contribution in [1.82, 2.24) is 20.2 Å². The van der Waals surface area contributed by atoms with Crippen molar-refractivity contribution in [2.45, 2.75) is 25.9 Å². The van der Waals surface area contributed by atoms with E-state index >= 15 is 0 Å². The zero-order chi connectivity index (χ0) is 20.0. The first kappa shape index (κ1) is 20.8. The molecule has 7 nitrogen and oxygen atoms in total. The Morgan fingerprint density at radius 3 is 2.44 bits per heavy atom. The van der Waals surface area contributed by atoms with Gasteiger partial charge in [-0.1, -0.05) is 37.6 Å². The molecule has 1 aromatic heterocycles. The number of likely N-dealkylation sites (N-methyl/N-ethyl adjacent to an activating group) is 1. The molecule has 0 aliphatic heterocycles. The lowest BCUT2D eigenvalue weighted by Crippen LogP contribution is -2.47. The van der Waals surface area contributed by atoms with Crippen LogP contribution in [-0.2, 0) is 9.59 Å². The van der Waals surface area contributed by atoms with E-state index in [1.54, 1.807) is 37.8 Å². The van der Waals surface area contributed by atoms with Crippen LogP contribution in [0.1, 0.15) is 31.1 Å². The summed E-state index contributed by atoms with van der Waals surface area (Å²) in [4.78, 5) is 34.7. The van der Waals surface area contributed by atoms with Crippen LogP contribution < -0.4 is 11.1 Å². The Labute approximate surface area is 163 Å².